The number of thiazole rings is 1. The Morgan fingerprint density at radius 1 is 1.10 bits per heavy atom. The molecule has 2 heterocycles. The van der Waals surface area contributed by atoms with E-state index >= 15 is 0 Å². The molecule has 0 radical (unpaired) electrons. The van der Waals surface area contributed by atoms with Crippen molar-refractivity contribution in [3.8, 4) is 17.2 Å². The first-order valence-electron chi connectivity index (χ1n) is 9.40. The second-order valence-electron chi connectivity index (χ2n) is 7.70. The number of methoxy groups -OCH3 is 3. The molecule has 0 aliphatic carbocycles. The highest BCUT2D eigenvalue weighted by molar-refractivity contribution is 7.14. The third kappa shape index (κ3) is 4.76. The molecule has 1 aromatic carbocycles. The largest absolute Gasteiger partial charge is 0.496 e. The fourth-order valence-corrected chi connectivity index (χ4v) is 3.79. The van der Waals surface area contributed by atoms with Crippen molar-refractivity contribution < 1.29 is 23.4 Å². The zero-order chi connectivity index (χ0) is 21.9. The van der Waals surface area contributed by atoms with E-state index in [-0.39, 0.29) is 17.1 Å². The van der Waals surface area contributed by atoms with Gasteiger partial charge in [-0.05, 0) is 12.1 Å². The normalized spacial score (nSPS) is 11.3. The van der Waals surface area contributed by atoms with Crippen LogP contribution >= 0.6 is 11.3 Å². The van der Waals surface area contributed by atoms with Crippen molar-refractivity contribution in [2.45, 2.75) is 32.6 Å². The number of anilines is 1. The number of rotatable bonds is 7. The summed E-state index contributed by atoms with van der Waals surface area (Å²) < 4.78 is 22.0. The zero-order valence-corrected chi connectivity index (χ0v) is 18.8. The Hall–Kier alpha value is -3.00. The summed E-state index contributed by atoms with van der Waals surface area (Å²) in [5, 5.41) is 5.29. The minimum Gasteiger partial charge on any atom is -0.496 e. The van der Waals surface area contributed by atoms with Gasteiger partial charge in [0.25, 0.3) is 5.91 Å². The molecule has 0 atom stereocenters. The van der Waals surface area contributed by atoms with Crippen molar-refractivity contribution >= 4 is 22.4 Å². The molecule has 8 heteroatoms. The maximum atomic E-state index is 12.6. The van der Waals surface area contributed by atoms with E-state index in [1.54, 1.807) is 45.6 Å². The predicted molar refractivity (Wildman–Crippen MR) is 116 cm³/mol. The van der Waals surface area contributed by atoms with E-state index in [2.05, 4.69) is 31.1 Å². The Morgan fingerprint density at radius 2 is 1.77 bits per heavy atom. The summed E-state index contributed by atoms with van der Waals surface area (Å²) in [5.74, 6) is 2.34. The Labute approximate surface area is 180 Å². The van der Waals surface area contributed by atoms with Gasteiger partial charge in [0.15, 0.2) is 10.9 Å². The Morgan fingerprint density at radius 3 is 2.30 bits per heavy atom. The summed E-state index contributed by atoms with van der Waals surface area (Å²) in [6.07, 6.45) is 0.398. The van der Waals surface area contributed by atoms with E-state index in [0.717, 1.165) is 11.3 Å². The van der Waals surface area contributed by atoms with Gasteiger partial charge >= 0.3 is 0 Å². The Balaban J connectivity index is 1.77. The number of ether oxygens (including phenoxy) is 3. The van der Waals surface area contributed by atoms with Gasteiger partial charge < -0.3 is 18.6 Å². The molecular formula is C22H26N2O5S. The molecule has 0 unspecified atom stereocenters. The lowest BCUT2D eigenvalue weighted by molar-refractivity contribution is 0.0995. The number of nitrogens with zero attached hydrogens (tertiary/aromatic N) is 1. The molecular weight excluding hydrogens is 404 g/mol. The zero-order valence-electron chi connectivity index (χ0n) is 18.0. The van der Waals surface area contributed by atoms with Gasteiger partial charge in [-0.15, -0.1) is 11.3 Å². The molecule has 0 fully saturated rings. The van der Waals surface area contributed by atoms with Crippen LogP contribution in [0.4, 0.5) is 5.13 Å². The molecule has 1 N–H and O–H groups in total. The van der Waals surface area contributed by atoms with Crippen LogP contribution < -0.4 is 19.5 Å². The highest BCUT2D eigenvalue weighted by atomic mass is 32.1. The van der Waals surface area contributed by atoms with Crippen LogP contribution in [0.5, 0.6) is 17.2 Å². The van der Waals surface area contributed by atoms with Gasteiger partial charge in [0.1, 0.15) is 23.0 Å². The average molecular weight is 431 g/mol. The molecule has 0 aliphatic rings. The number of hydrogen-bond acceptors (Lipinski definition) is 7. The number of hydrogen-bond donors (Lipinski definition) is 1. The molecule has 160 valence electrons. The third-order valence-electron chi connectivity index (χ3n) is 4.55. The lowest BCUT2D eigenvalue weighted by atomic mass is 9.93. The van der Waals surface area contributed by atoms with Gasteiger partial charge in [0.05, 0.1) is 27.0 Å². The number of benzene rings is 1. The first-order valence-corrected chi connectivity index (χ1v) is 10.3. The molecule has 0 bridgehead atoms. The summed E-state index contributed by atoms with van der Waals surface area (Å²) in [7, 11) is 4.75. The summed E-state index contributed by atoms with van der Waals surface area (Å²) >= 11 is 1.39. The Kier molecular flexibility index (Phi) is 6.36. The van der Waals surface area contributed by atoms with Gasteiger partial charge in [-0.1, -0.05) is 20.8 Å². The standard InChI is InChI=1S/C22H26N2O5S/c1-22(2,3)19-12-30-21(23-19)24-20(25)16-8-7-13(29-16)9-15-17(27-5)10-14(26-4)11-18(15)28-6/h7-8,10-12H,9H2,1-6H3,(H,23,24,25). The van der Waals surface area contributed by atoms with Crippen LogP contribution in [0.2, 0.25) is 0 Å². The van der Waals surface area contributed by atoms with Crippen LogP contribution in [0, 0.1) is 0 Å². The lowest BCUT2D eigenvalue weighted by Crippen LogP contribution is -2.13. The van der Waals surface area contributed by atoms with E-state index in [9.17, 15) is 4.79 Å². The van der Waals surface area contributed by atoms with Gasteiger partial charge in [-0.2, -0.15) is 0 Å². The van der Waals surface area contributed by atoms with E-state index in [1.165, 1.54) is 11.3 Å². The maximum absolute atomic E-state index is 12.6. The van der Waals surface area contributed by atoms with Crippen molar-refractivity contribution in [2.75, 3.05) is 26.6 Å². The molecule has 7 nitrogen and oxygen atoms in total. The number of carbonyl (C=O) groups is 1. The summed E-state index contributed by atoms with van der Waals surface area (Å²) in [6, 6.07) is 6.97. The summed E-state index contributed by atoms with van der Waals surface area (Å²) in [6.45, 7) is 6.23. The number of furan rings is 1. The van der Waals surface area contributed by atoms with Crippen LogP contribution in [0.3, 0.4) is 0 Å². The molecule has 30 heavy (non-hydrogen) atoms. The van der Waals surface area contributed by atoms with Crippen LogP contribution in [-0.2, 0) is 11.8 Å². The van der Waals surface area contributed by atoms with E-state index in [0.29, 0.717) is 34.6 Å². The number of amides is 1. The van der Waals surface area contributed by atoms with Crippen molar-refractivity contribution in [2.24, 2.45) is 0 Å². The minimum absolute atomic E-state index is 0.0756. The molecule has 0 saturated carbocycles. The van der Waals surface area contributed by atoms with Crippen molar-refractivity contribution in [3.63, 3.8) is 0 Å². The summed E-state index contributed by atoms with van der Waals surface area (Å²) in [4.78, 5) is 17.0. The smallest absolute Gasteiger partial charge is 0.293 e. The topological polar surface area (TPSA) is 82.8 Å². The second-order valence-corrected chi connectivity index (χ2v) is 8.55. The molecule has 0 aliphatic heterocycles. The lowest BCUT2D eigenvalue weighted by Gasteiger charge is -2.14. The average Bonchev–Trinajstić information content (AvgIpc) is 3.37. The van der Waals surface area contributed by atoms with Gasteiger partial charge in [-0.25, -0.2) is 4.98 Å². The first-order chi connectivity index (χ1) is 14.2. The van der Waals surface area contributed by atoms with Crippen LogP contribution in [0.15, 0.2) is 34.1 Å². The molecule has 2 aromatic heterocycles. The number of carbonyl (C=O) groups excluding carboxylic acids is 1. The number of aromatic nitrogens is 1. The fourth-order valence-electron chi connectivity index (χ4n) is 2.86. The molecule has 0 spiro atoms. The maximum Gasteiger partial charge on any atom is 0.293 e. The van der Waals surface area contributed by atoms with Crippen LogP contribution in [0.1, 0.15) is 48.3 Å². The molecule has 1 amide bonds. The quantitative estimate of drug-likeness (QED) is 0.574. The summed E-state index contributed by atoms with van der Waals surface area (Å²) in [5.41, 5.74) is 1.66. The second kappa shape index (κ2) is 8.79. The SMILES string of the molecule is COc1cc(OC)c(Cc2ccc(C(=O)Nc3nc(C(C)(C)C)cs3)o2)c(OC)c1. The van der Waals surface area contributed by atoms with E-state index in [4.69, 9.17) is 18.6 Å². The highest BCUT2D eigenvalue weighted by Crippen LogP contribution is 2.36. The third-order valence-corrected chi connectivity index (χ3v) is 5.30. The molecule has 3 rings (SSSR count). The van der Waals surface area contributed by atoms with Crippen LogP contribution in [0.25, 0.3) is 0 Å². The van der Waals surface area contributed by atoms with Gasteiger partial charge in [0.2, 0.25) is 0 Å². The molecule has 3 aromatic rings. The molecule has 0 saturated heterocycles. The fraction of sp³-hybridized carbons (Fsp3) is 0.364. The minimum atomic E-state index is -0.343. The van der Waals surface area contributed by atoms with E-state index in [1.807, 2.05) is 5.38 Å². The van der Waals surface area contributed by atoms with Gasteiger partial charge in [-0.3, -0.25) is 10.1 Å². The van der Waals surface area contributed by atoms with Crippen molar-refractivity contribution in [1.29, 1.82) is 0 Å². The van der Waals surface area contributed by atoms with Crippen molar-refractivity contribution in [3.05, 3.63) is 52.4 Å². The van der Waals surface area contributed by atoms with Crippen LogP contribution in [-0.4, -0.2) is 32.2 Å². The monoisotopic (exact) mass is 430 g/mol. The first kappa shape index (κ1) is 21.7. The van der Waals surface area contributed by atoms with Crippen molar-refractivity contribution in [1.82, 2.24) is 4.98 Å². The Bertz CT molecular complexity index is 1010. The van der Waals surface area contributed by atoms with Gasteiger partial charge in [0, 0.05) is 34.9 Å². The predicted octanol–water partition coefficient (Wildman–Crippen LogP) is 4.90. The van der Waals surface area contributed by atoms with E-state index < -0.39 is 0 Å². The highest BCUT2D eigenvalue weighted by Gasteiger charge is 2.20. The number of nitrogens with one attached hydrogen (secondary N) is 1.